The number of hydrogen-bond acceptors (Lipinski definition) is 5. The van der Waals surface area contributed by atoms with E-state index >= 15 is 0 Å². The molecular weight excluding hydrogens is 360 g/mol. The number of nitrogens with one attached hydrogen (secondary N) is 1. The highest BCUT2D eigenvalue weighted by Crippen LogP contribution is 2.36. The van der Waals surface area contributed by atoms with Crippen molar-refractivity contribution in [3.8, 4) is 11.5 Å². The van der Waals surface area contributed by atoms with Gasteiger partial charge in [-0.05, 0) is 44.2 Å². The molecule has 1 atom stereocenters. The minimum absolute atomic E-state index is 0.141. The zero-order valence-corrected chi connectivity index (χ0v) is 16.0. The van der Waals surface area contributed by atoms with Crippen LogP contribution < -0.4 is 19.7 Å². The monoisotopic (exact) mass is 380 g/mol. The molecule has 1 aromatic heterocycles. The Morgan fingerprint density at radius 1 is 1.21 bits per heavy atom. The van der Waals surface area contributed by atoms with Gasteiger partial charge in [-0.15, -0.1) is 0 Å². The zero-order chi connectivity index (χ0) is 20.0. The molecule has 144 valence electrons. The second-order valence-corrected chi connectivity index (χ2v) is 6.71. The van der Waals surface area contributed by atoms with E-state index in [-0.39, 0.29) is 17.6 Å². The van der Waals surface area contributed by atoms with Crippen LogP contribution in [0.15, 0.2) is 40.8 Å². The molecule has 28 heavy (non-hydrogen) atoms. The van der Waals surface area contributed by atoms with Crippen LogP contribution >= 0.6 is 0 Å². The lowest BCUT2D eigenvalue weighted by Crippen LogP contribution is -2.41. The molecule has 2 heterocycles. The highest BCUT2D eigenvalue weighted by Gasteiger charge is 2.29. The molecule has 4 rings (SSSR count). The standard InChI is InChI=1S/C21H20N2O5/c1-11-15-7-6-14(26-4)10-18(15)28-19(11)20(24)22-13-5-8-17-16(9-13)23(3)21(25)12(2)27-17/h5-10,12H,1-4H3,(H,22,24). The smallest absolute Gasteiger partial charge is 0.291 e. The zero-order valence-electron chi connectivity index (χ0n) is 16.0. The average molecular weight is 380 g/mol. The number of benzene rings is 2. The summed E-state index contributed by atoms with van der Waals surface area (Å²) in [5.74, 6) is 0.976. The molecule has 0 saturated heterocycles. The van der Waals surface area contributed by atoms with Gasteiger partial charge in [0.25, 0.3) is 11.8 Å². The Kier molecular flexibility index (Phi) is 4.22. The van der Waals surface area contributed by atoms with E-state index in [1.807, 2.05) is 19.1 Å². The highest BCUT2D eigenvalue weighted by molar-refractivity contribution is 6.07. The Morgan fingerprint density at radius 3 is 2.75 bits per heavy atom. The number of rotatable bonds is 3. The SMILES string of the molecule is COc1ccc2c(C)c(C(=O)Nc3ccc4c(c3)N(C)C(=O)C(C)O4)oc2c1. The van der Waals surface area contributed by atoms with Crippen molar-refractivity contribution >= 4 is 34.2 Å². The quantitative estimate of drug-likeness (QED) is 0.749. The second kappa shape index (κ2) is 6.60. The van der Waals surface area contributed by atoms with Crippen LogP contribution in [0.4, 0.5) is 11.4 Å². The molecular formula is C21H20N2O5. The summed E-state index contributed by atoms with van der Waals surface area (Å²) in [6.07, 6.45) is -0.534. The fourth-order valence-corrected chi connectivity index (χ4v) is 3.33. The van der Waals surface area contributed by atoms with Gasteiger partial charge in [-0.1, -0.05) is 0 Å². The van der Waals surface area contributed by atoms with Crippen molar-refractivity contribution in [2.45, 2.75) is 20.0 Å². The normalized spacial score (nSPS) is 15.9. The molecule has 2 amide bonds. The number of fused-ring (bicyclic) bond motifs is 2. The van der Waals surface area contributed by atoms with E-state index < -0.39 is 6.10 Å². The number of methoxy groups -OCH3 is 1. The Hall–Kier alpha value is -3.48. The Morgan fingerprint density at radius 2 is 2.00 bits per heavy atom. The average Bonchev–Trinajstić information content (AvgIpc) is 3.03. The summed E-state index contributed by atoms with van der Waals surface area (Å²) in [5.41, 5.74) is 2.48. The molecule has 7 nitrogen and oxygen atoms in total. The fourth-order valence-electron chi connectivity index (χ4n) is 3.33. The number of ether oxygens (including phenoxy) is 2. The van der Waals surface area contributed by atoms with Crippen molar-refractivity contribution in [1.82, 2.24) is 0 Å². The molecule has 7 heteroatoms. The van der Waals surface area contributed by atoms with Gasteiger partial charge in [0.15, 0.2) is 11.9 Å². The third kappa shape index (κ3) is 2.85. The van der Waals surface area contributed by atoms with Gasteiger partial charge in [-0.25, -0.2) is 0 Å². The van der Waals surface area contributed by atoms with Crippen LogP contribution in [0.1, 0.15) is 23.0 Å². The lowest BCUT2D eigenvalue weighted by Gasteiger charge is -2.30. The number of furan rings is 1. The van der Waals surface area contributed by atoms with Crippen molar-refractivity contribution in [3.05, 3.63) is 47.7 Å². The summed E-state index contributed by atoms with van der Waals surface area (Å²) in [6.45, 7) is 3.54. The van der Waals surface area contributed by atoms with Gasteiger partial charge in [-0.3, -0.25) is 9.59 Å². The molecule has 3 aromatic rings. The molecule has 1 aliphatic rings. The Balaban J connectivity index is 1.63. The maximum Gasteiger partial charge on any atom is 0.291 e. The number of hydrogen-bond donors (Lipinski definition) is 1. The van der Waals surface area contributed by atoms with Gasteiger partial charge < -0.3 is 24.1 Å². The van der Waals surface area contributed by atoms with Crippen LogP contribution in [0.5, 0.6) is 11.5 Å². The molecule has 1 unspecified atom stereocenters. The lowest BCUT2D eigenvalue weighted by molar-refractivity contribution is -0.125. The van der Waals surface area contributed by atoms with Crippen LogP contribution in [0.2, 0.25) is 0 Å². The number of nitrogens with zero attached hydrogens (tertiary/aromatic N) is 1. The number of carbonyl (C=O) groups is 2. The van der Waals surface area contributed by atoms with Crippen molar-refractivity contribution in [3.63, 3.8) is 0 Å². The molecule has 0 radical (unpaired) electrons. The number of amides is 2. The van der Waals surface area contributed by atoms with Gasteiger partial charge in [0.2, 0.25) is 0 Å². The predicted octanol–water partition coefficient (Wildman–Crippen LogP) is 3.75. The maximum absolute atomic E-state index is 12.8. The Labute approximate surface area is 161 Å². The van der Waals surface area contributed by atoms with E-state index in [4.69, 9.17) is 13.9 Å². The van der Waals surface area contributed by atoms with Crippen LogP contribution in [-0.2, 0) is 4.79 Å². The van der Waals surface area contributed by atoms with Gasteiger partial charge in [0, 0.05) is 29.8 Å². The lowest BCUT2D eigenvalue weighted by atomic mass is 10.1. The van der Waals surface area contributed by atoms with E-state index in [0.29, 0.717) is 28.5 Å². The summed E-state index contributed by atoms with van der Waals surface area (Å²) < 4.78 is 16.6. The summed E-state index contributed by atoms with van der Waals surface area (Å²) in [7, 11) is 3.26. The first-order valence-corrected chi connectivity index (χ1v) is 8.86. The third-order valence-electron chi connectivity index (χ3n) is 4.91. The molecule has 1 aliphatic heterocycles. The van der Waals surface area contributed by atoms with Crippen molar-refractivity contribution in [2.24, 2.45) is 0 Å². The van der Waals surface area contributed by atoms with E-state index in [1.165, 1.54) is 4.90 Å². The van der Waals surface area contributed by atoms with E-state index in [1.54, 1.807) is 45.3 Å². The highest BCUT2D eigenvalue weighted by atomic mass is 16.5. The maximum atomic E-state index is 12.8. The van der Waals surface area contributed by atoms with Crippen LogP contribution in [0.25, 0.3) is 11.0 Å². The van der Waals surface area contributed by atoms with Crippen molar-refractivity contribution in [1.29, 1.82) is 0 Å². The number of anilines is 2. The third-order valence-corrected chi connectivity index (χ3v) is 4.91. The predicted molar refractivity (Wildman–Crippen MR) is 105 cm³/mol. The Bertz CT molecular complexity index is 1100. The summed E-state index contributed by atoms with van der Waals surface area (Å²) in [5, 5.41) is 3.68. The molecule has 2 aromatic carbocycles. The van der Waals surface area contributed by atoms with Gasteiger partial charge in [-0.2, -0.15) is 0 Å². The molecule has 0 bridgehead atoms. The summed E-state index contributed by atoms with van der Waals surface area (Å²) >= 11 is 0. The van der Waals surface area contributed by atoms with E-state index in [0.717, 1.165) is 10.9 Å². The topological polar surface area (TPSA) is 81.0 Å². The first kappa shape index (κ1) is 17.9. The van der Waals surface area contributed by atoms with Gasteiger partial charge in [0.05, 0.1) is 12.8 Å². The van der Waals surface area contributed by atoms with Crippen molar-refractivity contribution in [2.75, 3.05) is 24.4 Å². The summed E-state index contributed by atoms with van der Waals surface area (Å²) in [6, 6.07) is 10.6. The van der Waals surface area contributed by atoms with Gasteiger partial charge >= 0.3 is 0 Å². The van der Waals surface area contributed by atoms with Crippen LogP contribution in [-0.4, -0.2) is 32.1 Å². The molecule has 0 aliphatic carbocycles. The number of aryl methyl sites for hydroxylation is 1. The molecule has 0 spiro atoms. The fraction of sp³-hybridized carbons (Fsp3) is 0.238. The van der Waals surface area contributed by atoms with Crippen molar-refractivity contribution < 1.29 is 23.5 Å². The number of carbonyl (C=O) groups excluding carboxylic acids is 2. The summed E-state index contributed by atoms with van der Waals surface area (Å²) in [4.78, 5) is 26.4. The minimum atomic E-state index is -0.534. The molecule has 0 fully saturated rings. The first-order valence-electron chi connectivity index (χ1n) is 8.86. The van der Waals surface area contributed by atoms with Crippen LogP contribution in [0, 0.1) is 6.92 Å². The minimum Gasteiger partial charge on any atom is -0.497 e. The largest absolute Gasteiger partial charge is 0.497 e. The molecule has 0 saturated carbocycles. The number of likely N-dealkylation sites (N-methyl/N-ethyl adjacent to an activating group) is 1. The van der Waals surface area contributed by atoms with E-state index in [2.05, 4.69) is 5.32 Å². The first-order chi connectivity index (χ1) is 13.4. The van der Waals surface area contributed by atoms with Gasteiger partial charge in [0.1, 0.15) is 17.1 Å². The van der Waals surface area contributed by atoms with Crippen LogP contribution in [0.3, 0.4) is 0 Å². The molecule has 1 N–H and O–H groups in total. The second-order valence-electron chi connectivity index (χ2n) is 6.71. The van der Waals surface area contributed by atoms with E-state index in [9.17, 15) is 9.59 Å².